The van der Waals surface area contributed by atoms with Crippen molar-refractivity contribution in [3.63, 3.8) is 0 Å². The van der Waals surface area contributed by atoms with Gasteiger partial charge in [-0.2, -0.15) is 0 Å². The Kier molecular flexibility index (Phi) is 5.90. The fourth-order valence-corrected chi connectivity index (χ4v) is 2.96. The third-order valence-electron chi connectivity index (χ3n) is 4.52. The highest BCUT2D eigenvalue weighted by Crippen LogP contribution is 2.13. The van der Waals surface area contributed by atoms with Gasteiger partial charge >= 0.3 is 0 Å². The van der Waals surface area contributed by atoms with Crippen LogP contribution in [0.4, 0.5) is 0 Å². The maximum atomic E-state index is 12.7. The molecule has 3 rings (SSSR count). The molecule has 7 nitrogen and oxygen atoms in total. The summed E-state index contributed by atoms with van der Waals surface area (Å²) in [6.45, 7) is 4.46. The molecule has 0 bridgehead atoms. The van der Waals surface area contributed by atoms with E-state index in [1.54, 1.807) is 46.2 Å². The molecule has 1 N–H and O–H groups in total. The topological polar surface area (TPSA) is 82.9 Å². The van der Waals surface area contributed by atoms with Crippen molar-refractivity contribution < 1.29 is 18.8 Å². The Labute approximate surface area is 157 Å². The Balaban J connectivity index is 1.56. The SMILES string of the molecule is CCCNC(=O)c1ccc(C(=O)N2CCN(C(=O)c3ccco3)CC2)cc1. The summed E-state index contributed by atoms with van der Waals surface area (Å²) in [7, 11) is 0. The van der Waals surface area contributed by atoms with Crippen molar-refractivity contribution in [1.29, 1.82) is 0 Å². The second kappa shape index (κ2) is 8.53. The number of piperazine rings is 1. The van der Waals surface area contributed by atoms with E-state index in [0.29, 0.717) is 49.6 Å². The Morgan fingerprint density at radius 3 is 2.07 bits per heavy atom. The van der Waals surface area contributed by atoms with Crippen molar-refractivity contribution in [2.75, 3.05) is 32.7 Å². The van der Waals surface area contributed by atoms with E-state index in [4.69, 9.17) is 4.42 Å². The number of rotatable bonds is 5. The van der Waals surface area contributed by atoms with Gasteiger partial charge in [-0.05, 0) is 42.8 Å². The summed E-state index contributed by atoms with van der Waals surface area (Å²) in [5.41, 5.74) is 1.07. The molecule has 1 aliphatic heterocycles. The van der Waals surface area contributed by atoms with E-state index in [-0.39, 0.29) is 17.7 Å². The summed E-state index contributed by atoms with van der Waals surface area (Å²) >= 11 is 0. The number of amides is 3. The molecule has 2 aromatic rings. The van der Waals surface area contributed by atoms with Crippen LogP contribution in [-0.2, 0) is 0 Å². The lowest BCUT2D eigenvalue weighted by Gasteiger charge is -2.34. The number of hydrogen-bond donors (Lipinski definition) is 1. The Bertz CT molecular complexity index is 791. The first-order valence-corrected chi connectivity index (χ1v) is 9.10. The van der Waals surface area contributed by atoms with Crippen LogP contribution in [0.1, 0.15) is 44.6 Å². The second-order valence-corrected chi connectivity index (χ2v) is 6.39. The number of nitrogens with one attached hydrogen (secondary N) is 1. The van der Waals surface area contributed by atoms with E-state index >= 15 is 0 Å². The van der Waals surface area contributed by atoms with Crippen LogP contribution in [0.15, 0.2) is 47.1 Å². The number of benzene rings is 1. The van der Waals surface area contributed by atoms with Crippen molar-refractivity contribution in [2.45, 2.75) is 13.3 Å². The first-order valence-electron chi connectivity index (χ1n) is 9.10. The van der Waals surface area contributed by atoms with Gasteiger partial charge in [0.1, 0.15) is 0 Å². The summed E-state index contributed by atoms with van der Waals surface area (Å²) in [5, 5.41) is 2.81. The highest BCUT2D eigenvalue weighted by Gasteiger charge is 2.26. The van der Waals surface area contributed by atoms with E-state index < -0.39 is 0 Å². The molecule has 1 aromatic heterocycles. The fourth-order valence-electron chi connectivity index (χ4n) is 2.96. The van der Waals surface area contributed by atoms with Gasteiger partial charge in [-0.3, -0.25) is 14.4 Å². The molecule has 7 heteroatoms. The predicted octanol–water partition coefficient (Wildman–Crippen LogP) is 2.02. The van der Waals surface area contributed by atoms with Gasteiger partial charge in [-0.15, -0.1) is 0 Å². The van der Waals surface area contributed by atoms with E-state index in [2.05, 4.69) is 5.32 Å². The monoisotopic (exact) mass is 369 g/mol. The van der Waals surface area contributed by atoms with Crippen LogP contribution < -0.4 is 5.32 Å². The summed E-state index contributed by atoms with van der Waals surface area (Å²) < 4.78 is 5.14. The zero-order chi connectivity index (χ0) is 19.2. The van der Waals surface area contributed by atoms with Gasteiger partial charge in [0.25, 0.3) is 17.7 Å². The third kappa shape index (κ3) is 4.36. The van der Waals surface area contributed by atoms with Gasteiger partial charge in [0.2, 0.25) is 0 Å². The third-order valence-corrected chi connectivity index (χ3v) is 4.52. The molecule has 1 aliphatic rings. The zero-order valence-electron chi connectivity index (χ0n) is 15.3. The molecular formula is C20H23N3O4. The molecular weight excluding hydrogens is 346 g/mol. The van der Waals surface area contributed by atoms with Gasteiger partial charge < -0.3 is 19.5 Å². The van der Waals surface area contributed by atoms with Gasteiger partial charge in [-0.1, -0.05) is 6.92 Å². The smallest absolute Gasteiger partial charge is 0.289 e. The van der Waals surface area contributed by atoms with Crippen LogP contribution in [-0.4, -0.2) is 60.2 Å². The van der Waals surface area contributed by atoms with E-state index in [1.807, 2.05) is 6.92 Å². The van der Waals surface area contributed by atoms with Crippen LogP contribution in [0.2, 0.25) is 0 Å². The van der Waals surface area contributed by atoms with Crippen molar-refractivity contribution >= 4 is 17.7 Å². The van der Waals surface area contributed by atoms with Crippen molar-refractivity contribution in [1.82, 2.24) is 15.1 Å². The number of nitrogens with zero attached hydrogens (tertiary/aromatic N) is 2. The van der Waals surface area contributed by atoms with Gasteiger partial charge in [-0.25, -0.2) is 0 Å². The summed E-state index contributed by atoms with van der Waals surface area (Å²) in [6.07, 6.45) is 2.34. The van der Waals surface area contributed by atoms with Crippen LogP contribution in [0, 0.1) is 0 Å². The number of furan rings is 1. The molecule has 1 fully saturated rings. The van der Waals surface area contributed by atoms with E-state index in [1.165, 1.54) is 6.26 Å². The molecule has 1 aromatic carbocycles. The van der Waals surface area contributed by atoms with Gasteiger partial charge in [0.15, 0.2) is 5.76 Å². The predicted molar refractivity (Wildman–Crippen MR) is 99.6 cm³/mol. The van der Waals surface area contributed by atoms with Crippen molar-refractivity contribution in [3.8, 4) is 0 Å². The van der Waals surface area contributed by atoms with Crippen molar-refractivity contribution in [3.05, 3.63) is 59.5 Å². The van der Waals surface area contributed by atoms with Crippen LogP contribution in [0.25, 0.3) is 0 Å². The maximum Gasteiger partial charge on any atom is 0.289 e. The Morgan fingerprint density at radius 1 is 0.926 bits per heavy atom. The van der Waals surface area contributed by atoms with Crippen LogP contribution >= 0.6 is 0 Å². The van der Waals surface area contributed by atoms with Gasteiger partial charge in [0.05, 0.1) is 6.26 Å². The quantitative estimate of drug-likeness (QED) is 0.874. The van der Waals surface area contributed by atoms with Crippen molar-refractivity contribution in [2.24, 2.45) is 0 Å². The standard InChI is InChI=1S/C20H23N3O4/c1-2-9-21-18(24)15-5-7-16(8-6-15)19(25)22-10-12-23(13-11-22)20(26)17-4-3-14-27-17/h3-8,14H,2,9-13H2,1H3,(H,21,24). The maximum absolute atomic E-state index is 12.7. The summed E-state index contributed by atoms with van der Waals surface area (Å²) in [5.74, 6) is -0.0808. The minimum Gasteiger partial charge on any atom is -0.459 e. The molecule has 27 heavy (non-hydrogen) atoms. The molecule has 0 spiro atoms. The summed E-state index contributed by atoms with van der Waals surface area (Å²) in [6, 6.07) is 9.98. The number of hydrogen-bond acceptors (Lipinski definition) is 4. The molecule has 2 heterocycles. The van der Waals surface area contributed by atoms with Crippen LogP contribution in [0.3, 0.4) is 0 Å². The molecule has 3 amide bonds. The molecule has 142 valence electrons. The lowest BCUT2D eigenvalue weighted by atomic mass is 10.1. The van der Waals surface area contributed by atoms with E-state index in [9.17, 15) is 14.4 Å². The highest BCUT2D eigenvalue weighted by atomic mass is 16.3. The Morgan fingerprint density at radius 2 is 1.52 bits per heavy atom. The minimum atomic E-state index is -0.158. The molecule has 0 unspecified atom stereocenters. The number of carbonyl (C=O) groups excluding carboxylic acids is 3. The number of carbonyl (C=O) groups is 3. The molecule has 0 atom stereocenters. The fraction of sp³-hybridized carbons (Fsp3) is 0.350. The minimum absolute atomic E-state index is 0.0967. The highest BCUT2D eigenvalue weighted by molar-refractivity contribution is 5.98. The lowest BCUT2D eigenvalue weighted by molar-refractivity contribution is 0.0518. The molecule has 0 radical (unpaired) electrons. The van der Waals surface area contributed by atoms with Gasteiger partial charge in [0, 0.05) is 43.9 Å². The molecule has 0 aliphatic carbocycles. The van der Waals surface area contributed by atoms with E-state index in [0.717, 1.165) is 6.42 Å². The first-order chi connectivity index (χ1) is 13.1. The first kappa shape index (κ1) is 18.7. The normalized spacial score (nSPS) is 14.1. The Hall–Kier alpha value is -3.09. The average molecular weight is 369 g/mol. The largest absolute Gasteiger partial charge is 0.459 e. The van der Waals surface area contributed by atoms with Crippen LogP contribution in [0.5, 0.6) is 0 Å². The molecule has 0 saturated carbocycles. The molecule has 1 saturated heterocycles. The average Bonchev–Trinajstić information content (AvgIpc) is 3.26. The zero-order valence-corrected chi connectivity index (χ0v) is 15.3. The lowest BCUT2D eigenvalue weighted by Crippen LogP contribution is -2.50. The second-order valence-electron chi connectivity index (χ2n) is 6.39. The summed E-state index contributed by atoms with van der Waals surface area (Å²) in [4.78, 5) is 40.3.